The topological polar surface area (TPSA) is 32.3 Å². The zero-order valence-electron chi connectivity index (χ0n) is 11.7. The van der Waals surface area contributed by atoms with E-state index < -0.39 is 0 Å². The van der Waals surface area contributed by atoms with E-state index in [9.17, 15) is 4.79 Å². The molecular weight excluding hydrogens is 295 g/mol. The SMILES string of the molecule is CC(C(=O)Nc1cc(Cl)ccc1Cl)N1CCCCCC1. The third kappa shape index (κ3) is 4.11. The lowest BCUT2D eigenvalue weighted by atomic mass is 10.2. The Hall–Kier alpha value is -0.770. The molecule has 1 aliphatic heterocycles. The Kier molecular flexibility index (Phi) is 5.70. The van der Waals surface area contributed by atoms with Gasteiger partial charge in [-0.2, -0.15) is 0 Å². The van der Waals surface area contributed by atoms with E-state index in [1.807, 2.05) is 6.92 Å². The maximum Gasteiger partial charge on any atom is 0.241 e. The van der Waals surface area contributed by atoms with Crippen LogP contribution in [0.2, 0.25) is 10.0 Å². The van der Waals surface area contributed by atoms with E-state index in [1.54, 1.807) is 18.2 Å². The van der Waals surface area contributed by atoms with Gasteiger partial charge in [0.25, 0.3) is 0 Å². The Morgan fingerprint density at radius 2 is 1.85 bits per heavy atom. The number of carbonyl (C=O) groups is 1. The van der Waals surface area contributed by atoms with E-state index in [1.165, 1.54) is 12.8 Å². The van der Waals surface area contributed by atoms with E-state index in [4.69, 9.17) is 23.2 Å². The van der Waals surface area contributed by atoms with Crippen LogP contribution in [-0.4, -0.2) is 29.9 Å². The minimum atomic E-state index is -0.150. The molecule has 0 aliphatic carbocycles. The Balaban J connectivity index is 2.01. The van der Waals surface area contributed by atoms with Gasteiger partial charge in [0.05, 0.1) is 16.8 Å². The smallest absolute Gasteiger partial charge is 0.241 e. The van der Waals surface area contributed by atoms with Gasteiger partial charge in [-0.25, -0.2) is 0 Å². The summed E-state index contributed by atoms with van der Waals surface area (Å²) in [4.78, 5) is 14.6. The first kappa shape index (κ1) is 15.6. The minimum absolute atomic E-state index is 0.0314. The molecule has 1 unspecified atom stereocenters. The largest absolute Gasteiger partial charge is 0.323 e. The number of rotatable bonds is 3. The summed E-state index contributed by atoms with van der Waals surface area (Å²) >= 11 is 12.0. The first-order valence-corrected chi connectivity index (χ1v) is 7.83. The number of benzene rings is 1. The fraction of sp³-hybridized carbons (Fsp3) is 0.533. The van der Waals surface area contributed by atoms with Crippen LogP contribution in [0.4, 0.5) is 5.69 Å². The van der Waals surface area contributed by atoms with Crippen LogP contribution in [0.25, 0.3) is 0 Å². The first-order chi connectivity index (χ1) is 9.58. The van der Waals surface area contributed by atoms with Crippen molar-refractivity contribution < 1.29 is 4.79 Å². The quantitative estimate of drug-likeness (QED) is 0.907. The Bertz CT molecular complexity index is 471. The second-order valence-corrected chi connectivity index (χ2v) is 6.08. The highest BCUT2D eigenvalue weighted by Crippen LogP contribution is 2.26. The van der Waals surface area contributed by atoms with Crippen molar-refractivity contribution in [1.82, 2.24) is 4.90 Å². The minimum Gasteiger partial charge on any atom is -0.323 e. The summed E-state index contributed by atoms with van der Waals surface area (Å²) in [5.74, 6) is -0.0314. The number of halogens is 2. The zero-order chi connectivity index (χ0) is 14.5. The molecule has 0 bridgehead atoms. The third-order valence-corrected chi connectivity index (χ3v) is 4.32. The van der Waals surface area contributed by atoms with Gasteiger partial charge in [0.15, 0.2) is 0 Å². The summed E-state index contributed by atoms with van der Waals surface area (Å²) < 4.78 is 0. The molecule has 1 aromatic carbocycles. The van der Waals surface area contributed by atoms with Gasteiger partial charge in [-0.3, -0.25) is 9.69 Å². The Morgan fingerprint density at radius 3 is 2.50 bits per heavy atom. The van der Waals surface area contributed by atoms with Gasteiger partial charge < -0.3 is 5.32 Å². The maximum absolute atomic E-state index is 12.3. The number of hydrogen-bond donors (Lipinski definition) is 1. The molecule has 0 radical (unpaired) electrons. The highest BCUT2D eigenvalue weighted by molar-refractivity contribution is 6.35. The van der Waals surface area contributed by atoms with Crippen molar-refractivity contribution in [2.45, 2.75) is 38.6 Å². The van der Waals surface area contributed by atoms with Gasteiger partial charge in [-0.1, -0.05) is 36.0 Å². The van der Waals surface area contributed by atoms with E-state index in [0.29, 0.717) is 15.7 Å². The average Bonchev–Trinajstić information content (AvgIpc) is 2.71. The lowest BCUT2D eigenvalue weighted by Gasteiger charge is -2.26. The summed E-state index contributed by atoms with van der Waals surface area (Å²) in [7, 11) is 0. The standard InChI is InChI=1S/C15H20Cl2N2O/c1-11(19-8-4-2-3-5-9-19)15(20)18-14-10-12(16)6-7-13(14)17/h6-7,10-11H,2-5,8-9H2,1H3,(H,18,20). The van der Waals surface area contributed by atoms with Crippen molar-refractivity contribution in [2.75, 3.05) is 18.4 Å². The summed E-state index contributed by atoms with van der Waals surface area (Å²) in [5, 5.41) is 3.94. The first-order valence-electron chi connectivity index (χ1n) is 7.08. The van der Waals surface area contributed by atoms with E-state index in [2.05, 4.69) is 10.2 Å². The molecule has 0 aromatic heterocycles. The zero-order valence-corrected chi connectivity index (χ0v) is 13.2. The molecule has 1 amide bonds. The van der Waals surface area contributed by atoms with Crippen LogP contribution < -0.4 is 5.32 Å². The molecule has 1 N–H and O–H groups in total. The monoisotopic (exact) mass is 314 g/mol. The van der Waals surface area contributed by atoms with E-state index in [-0.39, 0.29) is 11.9 Å². The number of carbonyl (C=O) groups excluding carboxylic acids is 1. The van der Waals surface area contributed by atoms with Crippen molar-refractivity contribution in [3.63, 3.8) is 0 Å². The van der Waals surface area contributed by atoms with Crippen molar-refractivity contribution >= 4 is 34.8 Å². The highest BCUT2D eigenvalue weighted by atomic mass is 35.5. The van der Waals surface area contributed by atoms with Gasteiger partial charge in [-0.05, 0) is 51.1 Å². The molecule has 1 aromatic rings. The lowest BCUT2D eigenvalue weighted by molar-refractivity contribution is -0.120. The lowest BCUT2D eigenvalue weighted by Crippen LogP contribution is -2.42. The number of likely N-dealkylation sites (tertiary alicyclic amines) is 1. The molecule has 1 saturated heterocycles. The number of amides is 1. The molecule has 3 nitrogen and oxygen atoms in total. The summed E-state index contributed by atoms with van der Waals surface area (Å²) in [6.45, 7) is 3.91. The Labute approximate surface area is 130 Å². The van der Waals surface area contributed by atoms with Gasteiger partial charge >= 0.3 is 0 Å². The average molecular weight is 315 g/mol. The fourth-order valence-corrected chi connectivity index (χ4v) is 2.82. The van der Waals surface area contributed by atoms with Crippen LogP contribution in [-0.2, 0) is 4.79 Å². The predicted octanol–water partition coefficient (Wildman–Crippen LogP) is 4.20. The molecule has 2 rings (SSSR count). The van der Waals surface area contributed by atoms with Crippen LogP contribution in [0.1, 0.15) is 32.6 Å². The molecule has 0 spiro atoms. The van der Waals surface area contributed by atoms with Gasteiger partial charge in [0.2, 0.25) is 5.91 Å². The molecule has 1 aliphatic rings. The molecule has 1 atom stereocenters. The van der Waals surface area contributed by atoms with Crippen LogP contribution in [0, 0.1) is 0 Å². The predicted molar refractivity (Wildman–Crippen MR) is 84.6 cm³/mol. The van der Waals surface area contributed by atoms with Gasteiger partial charge in [0, 0.05) is 5.02 Å². The maximum atomic E-state index is 12.3. The number of nitrogens with one attached hydrogen (secondary N) is 1. The highest BCUT2D eigenvalue weighted by Gasteiger charge is 2.22. The normalized spacial score (nSPS) is 18.4. The van der Waals surface area contributed by atoms with Crippen LogP contribution >= 0.6 is 23.2 Å². The fourth-order valence-electron chi connectivity index (χ4n) is 2.48. The van der Waals surface area contributed by atoms with Crippen LogP contribution in [0.5, 0.6) is 0 Å². The third-order valence-electron chi connectivity index (χ3n) is 3.75. The van der Waals surface area contributed by atoms with Crippen molar-refractivity contribution in [1.29, 1.82) is 0 Å². The molecule has 1 fully saturated rings. The summed E-state index contributed by atoms with van der Waals surface area (Å²) in [6, 6.07) is 4.92. The number of hydrogen-bond acceptors (Lipinski definition) is 2. The summed E-state index contributed by atoms with van der Waals surface area (Å²) in [6.07, 6.45) is 4.83. The molecular formula is C15H20Cl2N2O. The van der Waals surface area contributed by atoms with Crippen molar-refractivity contribution in [3.8, 4) is 0 Å². The van der Waals surface area contributed by atoms with Gasteiger partial charge in [-0.15, -0.1) is 0 Å². The second kappa shape index (κ2) is 7.30. The van der Waals surface area contributed by atoms with Crippen LogP contribution in [0.3, 0.4) is 0 Å². The molecule has 110 valence electrons. The van der Waals surface area contributed by atoms with E-state index >= 15 is 0 Å². The van der Waals surface area contributed by atoms with Crippen molar-refractivity contribution in [2.24, 2.45) is 0 Å². The molecule has 1 heterocycles. The second-order valence-electron chi connectivity index (χ2n) is 5.24. The number of nitrogens with zero attached hydrogens (tertiary/aromatic N) is 1. The summed E-state index contributed by atoms with van der Waals surface area (Å²) in [5.41, 5.74) is 0.575. The van der Waals surface area contributed by atoms with Gasteiger partial charge in [0.1, 0.15) is 0 Å². The number of anilines is 1. The molecule has 20 heavy (non-hydrogen) atoms. The molecule has 0 saturated carbocycles. The van der Waals surface area contributed by atoms with Crippen molar-refractivity contribution in [3.05, 3.63) is 28.2 Å². The Morgan fingerprint density at radius 1 is 1.20 bits per heavy atom. The van der Waals surface area contributed by atoms with E-state index in [0.717, 1.165) is 25.9 Å². The molecule has 5 heteroatoms. The van der Waals surface area contributed by atoms with Crippen LogP contribution in [0.15, 0.2) is 18.2 Å².